The second-order valence-electron chi connectivity index (χ2n) is 5.44. The topological polar surface area (TPSA) is 69.2 Å². The number of carboxylic acids is 1. The lowest BCUT2D eigenvalue weighted by atomic mass is 9.82. The SMILES string of the molecule is O=C([O-])[C@@H]1[C@@H](C(=O)Nc2ccc(Br)c(Br)c2)[C@H]2C=C[C@H]1C2. The van der Waals surface area contributed by atoms with E-state index in [2.05, 4.69) is 37.2 Å². The minimum atomic E-state index is -1.14. The summed E-state index contributed by atoms with van der Waals surface area (Å²) in [5, 5.41) is 14.1. The van der Waals surface area contributed by atoms with Crippen molar-refractivity contribution in [3.63, 3.8) is 0 Å². The number of aliphatic carboxylic acids is 1. The molecule has 0 heterocycles. The molecule has 2 bridgehead atoms. The molecular formula is C15H12Br2NO3-. The number of allylic oxidation sites excluding steroid dienone is 2. The number of hydrogen-bond acceptors (Lipinski definition) is 3. The minimum Gasteiger partial charge on any atom is -0.550 e. The number of hydrogen-bond donors (Lipinski definition) is 1. The predicted molar refractivity (Wildman–Crippen MR) is 83.2 cm³/mol. The Kier molecular flexibility index (Phi) is 3.92. The van der Waals surface area contributed by atoms with Crippen molar-refractivity contribution in [2.24, 2.45) is 23.7 Å². The van der Waals surface area contributed by atoms with E-state index in [1.807, 2.05) is 18.2 Å². The van der Waals surface area contributed by atoms with Crippen LogP contribution in [0.4, 0.5) is 5.69 Å². The molecule has 1 saturated carbocycles. The maximum absolute atomic E-state index is 12.5. The van der Waals surface area contributed by atoms with Crippen LogP contribution in [0.5, 0.6) is 0 Å². The number of nitrogens with one attached hydrogen (secondary N) is 1. The van der Waals surface area contributed by atoms with Crippen LogP contribution >= 0.6 is 31.9 Å². The Balaban J connectivity index is 1.80. The fourth-order valence-electron chi connectivity index (χ4n) is 3.30. The fourth-order valence-corrected chi connectivity index (χ4v) is 3.93. The molecule has 6 heteroatoms. The molecule has 1 amide bonds. The smallest absolute Gasteiger partial charge is 0.228 e. The van der Waals surface area contributed by atoms with Gasteiger partial charge in [-0.1, -0.05) is 12.2 Å². The Morgan fingerprint density at radius 3 is 2.38 bits per heavy atom. The highest BCUT2D eigenvalue weighted by Gasteiger charge is 2.48. The number of fused-ring (bicyclic) bond motifs is 2. The molecule has 3 rings (SSSR count). The molecule has 0 aromatic heterocycles. The molecule has 0 unspecified atom stereocenters. The van der Waals surface area contributed by atoms with E-state index in [1.54, 1.807) is 12.1 Å². The second-order valence-corrected chi connectivity index (χ2v) is 7.15. The van der Waals surface area contributed by atoms with Gasteiger partial charge in [0.15, 0.2) is 0 Å². The van der Waals surface area contributed by atoms with Gasteiger partial charge in [0, 0.05) is 26.5 Å². The summed E-state index contributed by atoms with van der Waals surface area (Å²) < 4.78 is 1.71. The van der Waals surface area contributed by atoms with Crippen molar-refractivity contribution in [1.29, 1.82) is 0 Å². The number of anilines is 1. The Labute approximate surface area is 138 Å². The van der Waals surface area contributed by atoms with E-state index in [0.717, 1.165) is 15.4 Å². The maximum Gasteiger partial charge on any atom is 0.228 e. The molecule has 1 N–H and O–H groups in total. The zero-order chi connectivity index (χ0) is 15.1. The van der Waals surface area contributed by atoms with E-state index < -0.39 is 17.8 Å². The summed E-state index contributed by atoms with van der Waals surface area (Å²) in [5.74, 6) is -2.74. The van der Waals surface area contributed by atoms with Gasteiger partial charge in [-0.3, -0.25) is 4.79 Å². The second kappa shape index (κ2) is 5.57. The number of benzene rings is 1. The number of rotatable bonds is 3. The third kappa shape index (κ3) is 2.66. The Hall–Kier alpha value is -1.14. The first-order valence-electron chi connectivity index (χ1n) is 6.62. The van der Waals surface area contributed by atoms with Crippen LogP contribution in [0.15, 0.2) is 39.3 Å². The molecule has 4 nitrogen and oxygen atoms in total. The Bertz CT molecular complexity index is 644. The summed E-state index contributed by atoms with van der Waals surface area (Å²) >= 11 is 6.74. The molecule has 1 fully saturated rings. The van der Waals surface area contributed by atoms with Gasteiger partial charge in [-0.2, -0.15) is 0 Å². The molecule has 0 saturated heterocycles. The third-order valence-corrected chi connectivity index (χ3v) is 6.10. The first kappa shape index (κ1) is 14.8. The van der Waals surface area contributed by atoms with Crippen LogP contribution in [-0.4, -0.2) is 11.9 Å². The number of halogens is 2. The summed E-state index contributed by atoms with van der Waals surface area (Å²) in [4.78, 5) is 23.8. The third-order valence-electron chi connectivity index (χ3n) is 4.22. The van der Waals surface area contributed by atoms with E-state index in [-0.39, 0.29) is 17.7 Å². The average molecular weight is 414 g/mol. The number of carboxylic acid groups (broad SMARTS) is 1. The molecule has 0 radical (unpaired) electrons. The highest BCUT2D eigenvalue weighted by molar-refractivity contribution is 9.13. The van der Waals surface area contributed by atoms with Crippen molar-refractivity contribution in [3.8, 4) is 0 Å². The molecule has 4 atom stereocenters. The van der Waals surface area contributed by atoms with E-state index in [9.17, 15) is 14.7 Å². The monoisotopic (exact) mass is 412 g/mol. The predicted octanol–water partition coefficient (Wildman–Crippen LogP) is 2.34. The van der Waals surface area contributed by atoms with E-state index in [1.165, 1.54) is 0 Å². The molecule has 0 spiro atoms. The summed E-state index contributed by atoms with van der Waals surface area (Å²) in [5.41, 5.74) is 0.638. The van der Waals surface area contributed by atoms with Crippen molar-refractivity contribution >= 4 is 49.4 Å². The highest BCUT2D eigenvalue weighted by atomic mass is 79.9. The molecule has 2 aliphatic rings. The van der Waals surface area contributed by atoms with Crippen LogP contribution in [0.2, 0.25) is 0 Å². The standard InChI is InChI=1S/C15H13Br2NO3/c16-10-4-3-9(6-11(10)17)18-14(19)12-7-1-2-8(5-7)13(12)15(20)21/h1-4,6-8,12-13H,5H2,(H,18,19)(H,20,21)/p-1/t7-,8-,12-,13-/m0/s1. The van der Waals surface area contributed by atoms with Crippen molar-refractivity contribution in [1.82, 2.24) is 0 Å². The van der Waals surface area contributed by atoms with Crippen molar-refractivity contribution in [2.45, 2.75) is 6.42 Å². The lowest BCUT2D eigenvalue weighted by molar-refractivity contribution is -0.313. The molecule has 1 aromatic carbocycles. The van der Waals surface area contributed by atoms with E-state index in [4.69, 9.17) is 0 Å². The van der Waals surface area contributed by atoms with Gasteiger partial charge >= 0.3 is 0 Å². The van der Waals surface area contributed by atoms with E-state index in [0.29, 0.717) is 5.69 Å². The average Bonchev–Trinajstić information content (AvgIpc) is 3.03. The minimum absolute atomic E-state index is 0.00297. The number of carbonyl (C=O) groups excluding carboxylic acids is 2. The zero-order valence-corrected chi connectivity index (χ0v) is 14.1. The van der Waals surface area contributed by atoms with Crippen molar-refractivity contribution < 1.29 is 14.7 Å². The normalized spacial score (nSPS) is 29.6. The van der Waals surface area contributed by atoms with Crippen molar-refractivity contribution in [3.05, 3.63) is 39.3 Å². The van der Waals surface area contributed by atoms with Crippen molar-refractivity contribution in [2.75, 3.05) is 5.32 Å². The van der Waals surface area contributed by atoms with Gasteiger partial charge in [0.1, 0.15) is 0 Å². The molecule has 1 aromatic rings. The molecule has 110 valence electrons. The fraction of sp³-hybridized carbons (Fsp3) is 0.333. The molecule has 2 aliphatic carbocycles. The first-order chi connectivity index (χ1) is 9.97. The lowest BCUT2D eigenvalue weighted by Crippen LogP contribution is -2.42. The van der Waals surface area contributed by atoms with Gasteiger partial charge in [0.2, 0.25) is 5.91 Å². The van der Waals surface area contributed by atoms with E-state index >= 15 is 0 Å². The summed E-state index contributed by atoms with van der Waals surface area (Å²) in [6.07, 6.45) is 4.57. The maximum atomic E-state index is 12.5. The number of carbonyl (C=O) groups is 2. The lowest BCUT2D eigenvalue weighted by Gasteiger charge is -2.27. The largest absolute Gasteiger partial charge is 0.550 e. The quantitative estimate of drug-likeness (QED) is 0.773. The summed E-state index contributed by atoms with van der Waals surface area (Å²) in [6, 6.07) is 5.36. The van der Waals surface area contributed by atoms with Crippen LogP contribution in [0.1, 0.15) is 6.42 Å². The molecule has 21 heavy (non-hydrogen) atoms. The highest BCUT2D eigenvalue weighted by Crippen LogP contribution is 2.48. The Morgan fingerprint density at radius 1 is 1.10 bits per heavy atom. The van der Waals surface area contributed by atoms with Crippen LogP contribution in [0.3, 0.4) is 0 Å². The van der Waals surface area contributed by atoms with Crippen LogP contribution in [0, 0.1) is 23.7 Å². The van der Waals surface area contributed by atoms with Gasteiger partial charge in [-0.15, -0.1) is 0 Å². The van der Waals surface area contributed by atoms with Gasteiger partial charge in [-0.25, -0.2) is 0 Å². The van der Waals surface area contributed by atoms with Crippen LogP contribution in [-0.2, 0) is 9.59 Å². The van der Waals surface area contributed by atoms with Gasteiger partial charge in [0.05, 0.1) is 5.92 Å². The summed E-state index contributed by atoms with van der Waals surface area (Å²) in [7, 11) is 0. The Morgan fingerprint density at radius 2 is 1.76 bits per heavy atom. The van der Waals surface area contributed by atoms with Crippen LogP contribution in [0.25, 0.3) is 0 Å². The molecular weight excluding hydrogens is 402 g/mol. The van der Waals surface area contributed by atoms with Gasteiger partial charge in [-0.05, 0) is 68.3 Å². The first-order valence-corrected chi connectivity index (χ1v) is 8.21. The van der Waals surface area contributed by atoms with Gasteiger partial charge < -0.3 is 15.2 Å². The zero-order valence-electron chi connectivity index (χ0n) is 10.9. The van der Waals surface area contributed by atoms with Gasteiger partial charge in [0.25, 0.3) is 0 Å². The van der Waals surface area contributed by atoms with Crippen LogP contribution < -0.4 is 10.4 Å². The number of amides is 1. The summed E-state index contributed by atoms with van der Waals surface area (Å²) in [6.45, 7) is 0. The molecule has 0 aliphatic heterocycles.